The van der Waals surface area contributed by atoms with Gasteiger partial charge in [-0.1, -0.05) is 69.9 Å². The second kappa shape index (κ2) is 20.7. The summed E-state index contributed by atoms with van der Waals surface area (Å²) < 4.78 is 10.5. The summed E-state index contributed by atoms with van der Waals surface area (Å²) in [6.07, 6.45) is 25.5. The van der Waals surface area contributed by atoms with Crippen molar-refractivity contribution < 1.29 is 19.7 Å². The molecule has 0 spiro atoms. The summed E-state index contributed by atoms with van der Waals surface area (Å²) in [5, 5.41) is 21.1. The van der Waals surface area contributed by atoms with Crippen molar-refractivity contribution in [1.29, 1.82) is 0 Å². The van der Waals surface area contributed by atoms with Crippen LogP contribution in [-0.2, 0) is 6.42 Å². The Morgan fingerprint density at radius 3 is 1.19 bits per heavy atom. The summed E-state index contributed by atoms with van der Waals surface area (Å²) in [4.78, 5) is 0. The van der Waals surface area contributed by atoms with Gasteiger partial charge in [-0.25, -0.2) is 0 Å². The van der Waals surface area contributed by atoms with Crippen LogP contribution in [0.3, 0.4) is 0 Å². The minimum atomic E-state index is 0.00697. The van der Waals surface area contributed by atoms with Crippen LogP contribution in [-0.4, -0.2) is 24.4 Å². The molecule has 0 fully saturated rings. The Labute approximate surface area is 263 Å². The highest BCUT2D eigenvalue weighted by atomic mass is 16.5. The van der Waals surface area contributed by atoms with E-state index in [1.165, 1.54) is 54.1 Å². The molecule has 4 nitrogen and oxygen atoms in total. The molecule has 0 unspecified atom stereocenters. The summed E-state index contributed by atoms with van der Waals surface area (Å²) in [5.74, 6) is 0.358. The standard InChI is InChI=1S/C39H60O4/c1-28(2)16-11-17-29(3)18-12-19-30(4)20-13-21-31(5)22-14-23-32(6)24-15-25-33(7)26-27-35-34(8)36(40)38(42-9)39(43-10)37(35)41/h16,18,20,22,24,26,40-41H,11-15,17,19,21,23,25,27H2,1-10H3. The summed E-state index contributed by atoms with van der Waals surface area (Å²) in [7, 11) is 2.90. The second-order valence-corrected chi connectivity index (χ2v) is 12.3. The Hall–Kier alpha value is -3.14. The molecule has 240 valence electrons. The third-order valence-electron chi connectivity index (χ3n) is 8.01. The van der Waals surface area contributed by atoms with Crippen molar-refractivity contribution in [3.05, 3.63) is 81.0 Å². The molecular weight excluding hydrogens is 532 g/mol. The van der Waals surface area contributed by atoms with E-state index in [1.54, 1.807) is 6.92 Å². The number of phenols is 2. The molecule has 2 N–H and O–H groups in total. The van der Waals surface area contributed by atoms with Crippen molar-refractivity contribution in [1.82, 2.24) is 0 Å². The zero-order valence-electron chi connectivity index (χ0n) is 29.0. The molecule has 0 aliphatic rings. The molecule has 1 aromatic carbocycles. The summed E-state index contributed by atoms with van der Waals surface area (Å²) in [5.41, 5.74) is 9.82. The van der Waals surface area contributed by atoms with Gasteiger partial charge in [0.15, 0.2) is 11.5 Å². The Morgan fingerprint density at radius 2 is 0.837 bits per heavy atom. The second-order valence-electron chi connectivity index (χ2n) is 12.3. The van der Waals surface area contributed by atoms with Gasteiger partial charge in [0.25, 0.3) is 0 Å². The third-order valence-corrected chi connectivity index (χ3v) is 8.01. The molecule has 0 radical (unpaired) electrons. The minimum Gasteiger partial charge on any atom is -0.504 e. The number of aromatic hydroxyl groups is 2. The number of hydrogen-bond acceptors (Lipinski definition) is 4. The molecule has 0 aromatic heterocycles. The Kier molecular flexibility index (Phi) is 18.2. The van der Waals surface area contributed by atoms with Gasteiger partial charge in [0.1, 0.15) is 0 Å². The van der Waals surface area contributed by atoms with Crippen LogP contribution in [0.1, 0.15) is 124 Å². The first kappa shape index (κ1) is 37.9. The monoisotopic (exact) mass is 592 g/mol. The number of allylic oxidation sites excluding steroid dienone is 12. The van der Waals surface area contributed by atoms with Gasteiger partial charge in [0.2, 0.25) is 11.5 Å². The Bertz CT molecular complexity index is 1200. The van der Waals surface area contributed by atoms with Crippen LogP contribution >= 0.6 is 0 Å². The van der Waals surface area contributed by atoms with Gasteiger partial charge in [0, 0.05) is 11.1 Å². The van der Waals surface area contributed by atoms with Crippen LogP contribution in [0.25, 0.3) is 0 Å². The van der Waals surface area contributed by atoms with Crippen molar-refractivity contribution in [2.24, 2.45) is 0 Å². The predicted octanol–water partition coefficient (Wildman–Crippen LogP) is 11.6. The zero-order chi connectivity index (χ0) is 32.4. The van der Waals surface area contributed by atoms with Gasteiger partial charge in [-0.2, -0.15) is 0 Å². The number of rotatable bonds is 19. The van der Waals surface area contributed by atoms with Gasteiger partial charge in [-0.3, -0.25) is 0 Å². The molecule has 0 heterocycles. The fourth-order valence-electron chi connectivity index (χ4n) is 5.03. The molecule has 0 amide bonds. The lowest BCUT2D eigenvalue weighted by Gasteiger charge is -2.17. The van der Waals surface area contributed by atoms with E-state index in [-0.39, 0.29) is 23.0 Å². The van der Waals surface area contributed by atoms with Crippen LogP contribution in [0.15, 0.2) is 69.9 Å². The molecule has 1 rings (SSSR count). The van der Waals surface area contributed by atoms with Gasteiger partial charge < -0.3 is 19.7 Å². The van der Waals surface area contributed by atoms with Gasteiger partial charge in [0.05, 0.1) is 14.2 Å². The number of phenolic OH excluding ortho intramolecular Hbond substituents is 2. The Morgan fingerprint density at radius 1 is 0.512 bits per heavy atom. The largest absolute Gasteiger partial charge is 0.504 e. The average molecular weight is 593 g/mol. The van der Waals surface area contributed by atoms with Crippen LogP contribution in [0.2, 0.25) is 0 Å². The molecule has 0 bridgehead atoms. The van der Waals surface area contributed by atoms with E-state index >= 15 is 0 Å². The van der Waals surface area contributed by atoms with Gasteiger partial charge in [-0.15, -0.1) is 0 Å². The number of hydrogen-bond donors (Lipinski definition) is 2. The molecule has 0 saturated carbocycles. The lowest BCUT2D eigenvalue weighted by molar-refractivity contribution is 0.314. The number of methoxy groups -OCH3 is 2. The number of benzene rings is 1. The smallest absolute Gasteiger partial charge is 0.207 e. The van der Waals surface area contributed by atoms with Crippen LogP contribution < -0.4 is 9.47 Å². The maximum atomic E-state index is 10.7. The van der Waals surface area contributed by atoms with Crippen molar-refractivity contribution in [2.45, 2.75) is 126 Å². The molecule has 0 aliphatic heterocycles. The van der Waals surface area contributed by atoms with Crippen LogP contribution in [0.4, 0.5) is 0 Å². The van der Waals surface area contributed by atoms with E-state index in [9.17, 15) is 10.2 Å². The van der Waals surface area contributed by atoms with Crippen molar-refractivity contribution >= 4 is 0 Å². The zero-order valence-corrected chi connectivity index (χ0v) is 29.0. The van der Waals surface area contributed by atoms with E-state index in [2.05, 4.69) is 84.9 Å². The summed E-state index contributed by atoms with van der Waals surface area (Å²) in [6.45, 7) is 17.2. The predicted molar refractivity (Wildman–Crippen MR) is 186 cm³/mol. The third kappa shape index (κ3) is 14.7. The highest BCUT2D eigenvalue weighted by Gasteiger charge is 2.22. The van der Waals surface area contributed by atoms with Crippen molar-refractivity contribution in [3.8, 4) is 23.0 Å². The highest BCUT2D eigenvalue weighted by Crippen LogP contribution is 2.48. The topological polar surface area (TPSA) is 58.9 Å². The highest BCUT2D eigenvalue weighted by molar-refractivity contribution is 5.66. The summed E-state index contributed by atoms with van der Waals surface area (Å²) >= 11 is 0. The van der Waals surface area contributed by atoms with Gasteiger partial charge >= 0.3 is 0 Å². The van der Waals surface area contributed by atoms with Crippen molar-refractivity contribution in [2.75, 3.05) is 14.2 Å². The molecular formula is C39H60O4. The van der Waals surface area contributed by atoms with Crippen LogP contribution in [0.5, 0.6) is 23.0 Å². The average Bonchev–Trinajstić information content (AvgIpc) is 2.94. The molecule has 0 atom stereocenters. The molecule has 0 aliphatic carbocycles. The van der Waals surface area contributed by atoms with Gasteiger partial charge in [-0.05, 0) is 126 Å². The first-order chi connectivity index (χ1) is 20.4. The maximum Gasteiger partial charge on any atom is 0.207 e. The SMILES string of the molecule is COc1c(O)c(C)c(CC=C(C)CCC=C(C)CCC=C(C)CCC=C(C)CCC=C(C)CCC=C(C)C)c(O)c1OC. The number of ether oxygens (including phenoxy) is 2. The fraction of sp³-hybridized carbons (Fsp3) is 0.538. The van der Waals surface area contributed by atoms with E-state index in [1.807, 2.05) is 0 Å². The van der Waals surface area contributed by atoms with E-state index in [0.29, 0.717) is 17.5 Å². The fourth-order valence-corrected chi connectivity index (χ4v) is 5.03. The molecule has 43 heavy (non-hydrogen) atoms. The molecule has 4 heteroatoms. The summed E-state index contributed by atoms with van der Waals surface area (Å²) in [6, 6.07) is 0. The van der Waals surface area contributed by atoms with Crippen LogP contribution in [0, 0.1) is 6.92 Å². The normalized spacial score (nSPS) is 13.4. The quantitative estimate of drug-likeness (QED) is 0.124. The Balaban J connectivity index is 2.44. The minimum absolute atomic E-state index is 0.00697. The maximum absolute atomic E-state index is 10.7. The lowest BCUT2D eigenvalue weighted by Crippen LogP contribution is -1.98. The van der Waals surface area contributed by atoms with E-state index < -0.39 is 0 Å². The van der Waals surface area contributed by atoms with E-state index in [4.69, 9.17) is 9.47 Å². The van der Waals surface area contributed by atoms with E-state index in [0.717, 1.165) is 57.8 Å². The molecule has 0 saturated heterocycles. The van der Waals surface area contributed by atoms with Crippen molar-refractivity contribution in [3.63, 3.8) is 0 Å². The molecule has 1 aromatic rings. The lowest BCUT2D eigenvalue weighted by atomic mass is 9.99. The first-order valence-corrected chi connectivity index (χ1v) is 16.0. The first-order valence-electron chi connectivity index (χ1n) is 16.0.